The smallest absolute Gasteiger partial charge is 0.152 e. The summed E-state index contributed by atoms with van der Waals surface area (Å²) in [7, 11) is 1.84. The lowest BCUT2D eigenvalue weighted by Gasteiger charge is -2.41. The van der Waals surface area contributed by atoms with Crippen molar-refractivity contribution < 1.29 is 9.53 Å². The first-order chi connectivity index (χ1) is 8.19. The van der Waals surface area contributed by atoms with Crippen molar-refractivity contribution >= 4 is 5.78 Å². The largest absolute Gasteiger partial charge is 0.381 e. The molecule has 0 heterocycles. The zero-order valence-electron chi connectivity index (χ0n) is 11.0. The van der Waals surface area contributed by atoms with E-state index in [2.05, 4.69) is 6.08 Å². The first kappa shape index (κ1) is 12.8. The molecule has 2 fully saturated rings. The molecule has 0 amide bonds. The predicted molar refractivity (Wildman–Crippen MR) is 68.8 cm³/mol. The fourth-order valence-electron chi connectivity index (χ4n) is 3.54. The summed E-state index contributed by atoms with van der Waals surface area (Å²) in [5.74, 6) is 2.56. The number of ether oxygens (including phenoxy) is 1. The van der Waals surface area contributed by atoms with Gasteiger partial charge in [-0.1, -0.05) is 6.08 Å². The Hall–Kier alpha value is -0.630. The highest BCUT2D eigenvalue weighted by Crippen LogP contribution is 2.43. The third-order valence-electron chi connectivity index (χ3n) is 4.54. The number of fused-ring (bicyclic) bond motifs is 1. The van der Waals surface area contributed by atoms with Gasteiger partial charge >= 0.3 is 0 Å². The van der Waals surface area contributed by atoms with E-state index in [9.17, 15) is 4.79 Å². The third kappa shape index (κ3) is 3.41. The van der Waals surface area contributed by atoms with Crippen LogP contribution in [0, 0.1) is 17.8 Å². The molecule has 0 aromatic rings. The number of hydrogen-bond acceptors (Lipinski definition) is 2. The maximum atomic E-state index is 10.9. The lowest BCUT2D eigenvalue weighted by atomic mass is 9.67. The zero-order chi connectivity index (χ0) is 12.3. The van der Waals surface area contributed by atoms with E-state index in [1.54, 1.807) is 13.0 Å². The lowest BCUT2D eigenvalue weighted by Crippen LogP contribution is -2.33. The molecule has 0 aromatic heterocycles. The molecule has 2 rings (SSSR count). The topological polar surface area (TPSA) is 26.3 Å². The van der Waals surface area contributed by atoms with Gasteiger partial charge in [-0.15, -0.1) is 0 Å². The molecule has 96 valence electrons. The normalized spacial score (nSPS) is 38.0. The number of carbonyl (C=O) groups excluding carboxylic acids is 1. The highest BCUT2D eigenvalue weighted by molar-refractivity contribution is 5.87. The maximum Gasteiger partial charge on any atom is 0.152 e. The molecule has 2 aliphatic rings. The Kier molecular flexibility index (Phi) is 4.38. The van der Waals surface area contributed by atoms with Crippen molar-refractivity contribution in [2.75, 3.05) is 7.11 Å². The van der Waals surface area contributed by atoms with Gasteiger partial charge in [0.15, 0.2) is 5.78 Å². The van der Waals surface area contributed by atoms with Crippen LogP contribution in [0.5, 0.6) is 0 Å². The summed E-state index contributed by atoms with van der Waals surface area (Å²) < 4.78 is 5.49. The van der Waals surface area contributed by atoms with Gasteiger partial charge in [0, 0.05) is 7.11 Å². The molecule has 0 spiro atoms. The van der Waals surface area contributed by atoms with Crippen LogP contribution in [0.1, 0.15) is 45.4 Å². The van der Waals surface area contributed by atoms with Gasteiger partial charge in [0.1, 0.15) is 0 Å². The van der Waals surface area contributed by atoms with Crippen LogP contribution in [0.4, 0.5) is 0 Å². The van der Waals surface area contributed by atoms with Crippen molar-refractivity contribution in [2.45, 2.75) is 51.6 Å². The van der Waals surface area contributed by atoms with Gasteiger partial charge in [-0.25, -0.2) is 0 Å². The minimum atomic E-state index is 0.176. The number of rotatable bonds is 3. The summed E-state index contributed by atoms with van der Waals surface area (Å²) in [4.78, 5) is 10.9. The molecule has 0 aromatic carbocycles. The Balaban J connectivity index is 1.86. The fourth-order valence-corrected chi connectivity index (χ4v) is 3.54. The fraction of sp³-hybridized carbons (Fsp3) is 0.800. The van der Waals surface area contributed by atoms with Gasteiger partial charge in [-0.05, 0) is 69.3 Å². The van der Waals surface area contributed by atoms with Gasteiger partial charge < -0.3 is 4.74 Å². The zero-order valence-corrected chi connectivity index (χ0v) is 11.0. The van der Waals surface area contributed by atoms with E-state index >= 15 is 0 Å². The van der Waals surface area contributed by atoms with E-state index in [1.807, 2.05) is 7.11 Å². The molecule has 0 aliphatic heterocycles. The predicted octanol–water partition coefficient (Wildman–Crippen LogP) is 3.36. The highest BCUT2D eigenvalue weighted by atomic mass is 16.5. The van der Waals surface area contributed by atoms with Crippen molar-refractivity contribution in [1.29, 1.82) is 0 Å². The van der Waals surface area contributed by atoms with Crippen LogP contribution < -0.4 is 0 Å². The van der Waals surface area contributed by atoms with Crippen molar-refractivity contribution in [2.24, 2.45) is 17.8 Å². The monoisotopic (exact) mass is 236 g/mol. The van der Waals surface area contributed by atoms with Crippen molar-refractivity contribution in [1.82, 2.24) is 0 Å². The van der Waals surface area contributed by atoms with Gasteiger partial charge in [-0.3, -0.25) is 4.79 Å². The van der Waals surface area contributed by atoms with Crippen LogP contribution in [0.15, 0.2) is 12.2 Å². The van der Waals surface area contributed by atoms with E-state index in [0.717, 1.165) is 11.8 Å². The van der Waals surface area contributed by atoms with Gasteiger partial charge in [0.25, 0.3) is 0 Å². The summed E-state index contributed by atoms with van der Waals surface area (Å²) >= 11 is 0. The standard InChI is InChI=1S/C15H24O2/c1-11(16)3-4-12-5-6-14-10-15(17-2)8-7-13(14)9-12/h3-4,12-15H,5-10H2,1-2H3. The summed E-state index contributed by atoms with van der Waals surface area (Å²) in [5.41, 5.74) is 0. The van der Waals surface area contributed by atoms with Crippen LogP contribution in [0.25, 0.3) is 0 Å². The molecule has 0 radical (unpaired) electrons. The first-order valence-electron chi connectivity index (χ1n) is 6.90. The molecule has 0 bridgehead atoms. The average Bonchev–Trinajstić information content (AvgIpc) is 2.35. The van der Waals surface area contributed by atoms with Crippen molar-refractivity contribution in [3.8, 4) is 0 Å². The molecule has 4 unspecified atom stereocenters. The first-order valence-corrected chi connectivity index (χ1v) is 6.90. The molecule has 4 atom stereocenters. The summed E-state index contributed by atoms with van der Waals surface area (Å²) in [6.07, 6.45) is 12.0. The van der Waals surface area contributed by atoms with Crippen molar-refractivity contribution in [3.05, 3.63) is 12.2 Å². The Bertz CT molecular complexity index is 295. The number of ketones is 1. The number of methoxy groups -OCH3 is 1. The SMILES string of the molecule is COC1CCC2CC(C=CC(C)=O)CCC2C1. The number of allylic oxidation sites excluding steroid dienone is 2. The Morgan fingerprint density at radius 2 is 1.82 bits per heavy atom. The maximum absolute atomic E-state index is 10.9. The second-order valence-corrected chi connectivity index (χ2v) is 5.73. The average molecular weight is 236 g/mol. The Morgan fingerprint density at radius 1 is 1.12 bits per heavy atom. The highest BCUT2D eigenvalue weighted by Gasteiger charge is 2.34. The summed E-state index contributed by atoms with van der Waals surface area (Å²) in [6.45, 7) is 1.63. The second kappa shape index (κ2) is 5.81. The summed E-state index contributed by atoms with van der Waals surface area (Å²) in [6, 6.07) is 0. The number of carbonyl (C=O) groups is 1. The molecule has 2 heteroatoms. The van der Waals surface area contributed by atoms with Crippen LogP contribution >= 0.6 is 0 Å². The Labute approximate surface area is 104 Å². The molecular weight excluding hydrogens is 212 g/mol. The molecule has 0 saturated heterocycles. The quantitative estimate of drug-likeness (QED) is 0.702. The minimum absolute atomic E-state index is 0.176. The van der Waals surface area contributed by atoms with E-state index in [4.69, 9.17) is 4.74 Å². The number of hydrogen-bond donors (Lipinski definition) is 0. The van der Waals surface area contributed by atoms with Crippen LogP contribution in [-0.4, -0.2) is 19.0 Å². The van der Waals surface area contributed by atoms with E-state index in [0.29, 0.717) is 12.0 Å². The van der Waals surface area contributed by atoms with Gasteiger partial charge in [-0.2, -0.15) is 0 Å². The lowest BCUT2D eigenvalue weighted by molar-refractivity contribution is -0.112. The minimum Gasteiger partial charge on any atom is -0.381 e. The molecule has 2 saturated carbocycles. The van der Waals surface area contributed by atoms with Crippen molar-refractivity contribution in [3.63, 3.8) is 0 Å². The van der Waals surface area contributed by atoms with Gasteiger partial charge in [0.2, 0.25) is 0 Å². The van der Waals surface area contributed by atoms with Gasteiger partial charge in [0.05, 0.1) is 6.10 Å². The Morgan fingerprint density at radius 3 is 2.53 bits per heavy atom. The molecule has 2 aliphatic carbocycles. The van der Waals surface area contributed by atoms with E-state index in [-0.39, 0.29) is 5.78 Å². The second-order valence-electron chi connectivity index (χ2n) is 5.73. The third-order valence-corrected chi connectivity index (χ3v) is 4.54. The van der Waals surface area contributed by atoms with E-state index in [1.165, 1.54) is 38.5 Å². The molecule has 0 N–H and O–H groups in total. The summed E-state index contributed by atoms with van der Waals surface area (Å²) in [5, 5.41) is 0. The van der Waals surface area contributed by atoms with Crippen LogP contribution in [0.2, 0.25) is 0 Å². The molecule has 17 heavy (non-hydrogen) atoms. The van der Waals surface area contributed by atoms with Crippen LogP contribution in [0.3, 0.4) is 0 Å². The molecular formula is C15H24O2. The van der Waals surface area contributed by atoms with Crippen LogP contribution in [-0.2, 0) is 9.53 Å². The van der Waals surface area contributed by atoms with E-state index < -0.39 is 0 Å². The molecule has 2 nitrogen and oxygen atoms in total.